The van der Waals surface area contributed by atoms with Gasteiger partial charge >= 0.3 is 0 Å². The van der Waals surface area contributed by atoms with Gasteiger partial charge < -0.3 is 10.6 Å². The zero-order valence-corrected chi connectivity index (χ0v) is 12.4. The molecule has 1 aliphatic rings. The molecular weight excluding hydrogens is 236 g/mol. The summed E-state index contributed by atoms with van der Waals surface area (Å²) in [5.41, 5.74) is 0. The number of aromatic nitrogens is 2. The molecule has 4 heteroatoms. The Morgan fingerprint density at radius 3 is 2.58 bits per heavy atom. The van der Waals surface area contributed by atoms with Crippen LogP contribution in [-0.4, -0.2) is 22.6 Å². The smallest absolute Gasteiger partial charge is 0.132 e. The van der Waals surface area contributed by atoms with E-state index in [-0.39, 0.29) is 0 Å². The van der Waals surface area contributed by atoms with E-state index in [4.69, 9.17) is 0 Å². The monoisotopic (exact) mass is 262 g/mol. The lowest BCUT2D eigenvalue weighted by atomic mass is 9.86. The number of rotatable bonds is 5. The second-order valence-corrected chi connectivity index (χ2v) is 5.45. The van der Waals surface area contributed by atoms with E-state index < -0.39 is 0 Å². The Hall–Kier alpha value is -1.32. The average Bonchev–Trinajstić information content (AvgIpc) is 2.41. The highest BCUT2D eigenvalue weighted by Crippen LogP contribution is 2.26. The molecule has 0 radical (unpaired) electrons. The largest absolute Gasteiger partial charge is 0.370 e. The molecule has 1 aliphatic carbocycles. The molecule has 2 atom stereocenters. The van der Waals surface area contributed by atoms with Crippen LogP contribution in [0.4, 0.5) is 11.6 Å². The highest BCUT2D eigenvalue weighted by Gasteiger charge is 2.21. The molecule has 0 aromatic carbocycles. The molecule has 0 aliphatic heterocycles. The fourth-order valence-corrected chi connectivity index (χ4v) is 2.72. The van der Waals surface area contributed by atoms with Gasteiger partial charge in [0.05, 0.1) is 0 Å². The van der Waals surface area contributed by atoms with Crippen molar-refractivity contribution >= 4 is 11.6 Å². The van der Waals surface area contributed by atoms with Gasteiger partial charge in [0.2, 0.25) is 0 Å². The summed E-state index contributed by atoms with van der Waals surface area (Å²) >= 11 is 0. The minimum Gasteiger partial charge on any atom is -0.370 e. The zero-order valence-electron chi connectivity index (χ0n) is 12.4. The number of nitrogens with one attached hydrogen (secondary N) is 2. The van der Waals surface area contributed by atoms with Gasteiger partial charge in [0, 0.05) is 25.1 Å². The van der Waals surface area contributed by atoms with Crippen LogP contribution in [0.25, 0.3) is 0 Å². The average molecular weight is 262 g/mol. The first-order chi connectivity index (χ1) is 9.22. The van der Waals surface area contributed by atoms with E-state index in [9.17, 15) is 0 Å². The number of nitrogens with zero attached hydrogens (tertiary/aromatic N) is 2. The first-order valence-electron chi connectivity index (χ1n) is 7.61. The predicted octanol–water partition coefficient (Wildman–Crippen LogP) is 3.46. The van der Waals surface area contributed by atoms with E-state index in [1.165, 1.54) is 25.7 Å². The van der Waals surface area contributed by atoms with Crippen molar-refractivity contribution in [2.75, 3.05) is 17.2 Å². The van der Waals surface area contributed by atoms with Crippen molar-refractivity contribution in [1.82, 2.24) is 9.97 Å². The van der Waals surface area contributed by atoms with Crippen molar-refractivity contribution in [2.24, 2.45) is 5.92 Å². The Labute approximate surface area is 116 Å². The molecule has 0 amide bonds. The summed E-state index contributed by atoms with van der Waals surface area (Å²) in [5, 5.41) is 6.89. The van der Waals surface area contributed by atoms with Crippen molar-refractivity contribution in [3.63, 3.8) is 0 Å². The molecule has 19 heavy (non-hydrogen) atoms. The maximum absolute atomic E-state index is 4.60. The Bertz CT molecular complexity index is 405. The molecule has 4 nitrogen and oxygen atoms in total. The lowest BCUT2D eigenvalue weighted by molar-refractivity contribution is 0.349. The standard InChI is InChI=1S/C15H26N4/c1-4-13-18-14(16-5-2)10-15(19-13)17-12-9-7-6-8-11(12)3/h10-12H,4-9H2,1-3H3,(H2,16,17,18,19). The summed E-state index contributed by atoms with van der Waals surface area (Å²) in [7, 11) is 0. The van der Waals surface area contributed by atoms with Crippen LogP contribution < -0.4 is 10.6 Å². The van der Waals surface area contributed by atoms with Gasteiger partial charge in [-0.05, 0) is 25.7 Å². The molecule has 1 aromatic rings. The van der Waals surface area contributed by atoms with E-state index in [1.807, 2.05) is 6.07 Å². The molecule has 1 saturated carbocycles. The summed E-state index contributed by atoms with van der Waals surface area (Å²) < 4.78 is 0. The van der Waals surface area contributed by atoms with Crippen LogP contribution in [0.5, 0.6) is 0 Å². The molecule has 0 spiro atoms. The van der Waals surface area contributed by atoms with Crippen LogP contribution in [0.2, 0.25) is 0 Å². The zero-order chi connectivity index (χ0) is 13.7. The fraction of sp³-hybridized carbons (Fsp3) is 0.733. The molecule has 2 unspecified atom stereocenters. The molecule has 1 aromatic heterocycles. The third-order valence-corrected chi connectivity index (χ3v) is 3.89. The quantitative estimate of drug-likeness (QED) is 0.853. The highest BCUT2D eigenvalue weighted by molar-refractivity contribution is 5.48. The molecule has 0 saturated heterocycles. The number of anilines is 2. The first kappa shape index (κ1) is 14.1. The highest BCUT2D eigenvalue weighted by atomic mass is 15.1. The van der Waals surface area contributed by atoms with Gasteiger partial charge in [-0.1, -0.05) is 26.7 Å². The Morgan fingerprint density at radius 1 is 1.16 bits per heavy atom. The molecule has 2 rings (SSSR count). The van der Waals surface area contributed by atoms with Crippen LogP contribution in [-0.2, 0) is 6.42 Å². The molecule has 0 bridgehead atoms. The number of hydrogen-bond acceptors (Lipinski definition) is 4. The third-order valence-electron chi connectivity index (χ3n) is 3.89. The number of aryl methyl sites for hydroxylation is 1. The van der Waals surface area contributed by atoms with E-state index >= 15 is 0 Å². The maximum Gasteiger partial charge on any atom is 0.132 e. The van der Waals surface area contributed by atoms with Gasteiger partial charge in [0.15, 0.2) is 0 Å². The lowest BCUT2D eigenvalue weighted by Gasteiger charge is -2.30. The second-order valence-electron chi connectivity index (χ2n) is 5.45. The normalized spacial score (nSPS) is 23.1. The Morgan fingerprint density at radius 2 is 1.89 bits per heavy atom. The molecule has 2 N–H and O–H groups in total. The van der Waals surface area contributed by atoms with Crippen molar-refractivity contribution in [1.29, 1.82) is 0 Å². The maximum atomic E-state index is 4.60. The molecule has 106 valence electrons. The minimum absolute atomic E-state index is 0.558. The van der Waals surface area contributed by atoms with Gasteiger partial charge in [0.1, 0.15) is 17.5 Å². The second kappa shape index (κ2) is 6.73. The predicted molar refractivity (Wildman–Crippen MR) is 80.6 cm³/mol. The van der Waals surface area contributed by atoms with Crippen molar-refractivity contribution in [3.8, 4) is 0 Å². The van der Waals surface area contributed by atoms with Gasteiger partial charge in [-0.2, -0.15) is 0 Å². The minimum atomic E-state index is 0.558. The molecule has 1 fully saturated rings. The summed E-state index contributed by atoms with van der Waals surface area (Å²) in [5.74, 6) is 3.54. The Balaban J connectivity index is 2.11. The summed E-state index contributed by atoms with van der Waals surface area (Å²) in [6, 6.07) is 2.59. The van der Waals surface area contributed by atoms with E-state index in [2.05, 4.69) is 41.4 Å². The van der Waals surface area contributed by atoms with Crippen molar-refractivity contribution < 1.29 is 0 Å². The van der Waals surface area contributed by atoms with E-state index in [0.29, 0.717) is 6.04 Å². The summed E-state index contributed by atoms with van der Waals surface area (Å²) in [6.07, 6.45) is 6.14. The van der Waals surface area contributed by atoms with Crippen LogP contribution in [0.15, 0.2) is 6.07 Å². The first-order valence-corrected chi connectivity index (χ1v) is 7.61. The van der Waals surface area contributed by atoms with Crippen LogP contribution in [0, 0.1) is 5.92 Å². The van der Waals surface area contributed by atoms with Crippen LogP contribution in [0.1, 0.15) is 52.3 Å². The summed E-state index contributed by atoms with van der Waals surface area (Å²) in [4.78, 5) is 9.09. The SMILES string of the molecule is CCNc1cc(NC2CCCCC2C)nc(CC)n1. The van der Waals surface area contributed by atoms with Gasteiger partial charge in [-0.25, -0.2) is 9.97 Å². The lowest BCUT2D eigenvalue weighted by Crippen LogP contribution is -2.30. The van der Waals surface area contributed by atoms with Gasteiger partial charge in [-0.15, -0.1) is 0 Å². The van der Waals surface area contributed by atoms with E-state index in [1.54, 1.807) is 0 Å². The number of hydrogen-bond donors (Lipinski definition) is 2. The van der Waals surface area contributed by atoms with E-state index in [0.717, 1.165) is 36.3 Å². The van der Waals surface area contributed by atoms with Crippen molar-refractivity contribution in [2.45, 2.75) is 58.9 Å². The Kier molecular flexibility index (Phi) is 5.00. The van der Waals surface area contributed by atoms with Crippen molar-refractivity contribution in [3.05, 3.63) is 11.9 Å². The molecule has 1 heterocycles. The van der Waals surface area contributed by atoms with Crippen LogP contribution in [0.3, 0.4) is 0 Å². The van der Waals surface area contributed by atoms with Gasteiger partial charge in [-0.3, -0.25) is 0 Å². The third kappa shape index (κ3) is 3.82. The molecular formula is C15H26N4. The summed E-state index contributed by atoms with van der Waals surface area (Å²) in [6.45, 7) is 7.41. The van der Waals surface area contributed by atoms with Crippen LogP contribution >= 0.6 is 0 Å². The topological polar surface area (TPSA) is 49.8 Å². The van der Waals surface area contributed by atoms with Gasteiger partial charge in [0.25, 0.3) is 0 Å². The fourth-order valence-electron chi connectivity index (χ4n) is 2.72.